The first-order chi connectivity index (χ1) is 12.9. The monoisotopic (exact) mass is 504 g/mol. The minimum atomic E-state index is 0. The molecule has 152 valence electrons. The summed E-state index contributed by atoms with van der Waals surface area (Å²) in [4.78, 5) is 8.93. The molecule has 27 heavy (non-hydrogen) atoms. The quantitative estimate of drug-likeness (QED) is 0.245. The first kappa shape index (κ1) is 22.6. The van der Waals surface area contributed by atoms with Gasteiger partial charge < -0.3 is 15.4 Å². The molecule has 0 spiro atoms. The van der Waals surface area contributed by atoms with Crippen molar-refractivity contribution in [3.05, 3.63) is 34.0 Å². The number of nitrogens with one attached hydrogen (secondary N) is 2. The van der Waals surface area contributed by atoms with Crippen LogP contribution in [0, 0.1) is 0 Å². The molecular weight excluding hydrogens is 471 g/mol. The molecule has 0 aliphatic carbocycles. The Morgan fingerprint density at radius 1 is 1.33 bits per heavy atom. The van der Waals surface area contributed by atoms with Gasteiger partial charge in [0.1, 0.15) is 0 Å². The van der Waals surface area contributed by atoms with Crippen molar-refractivity contribution >= 4 is 41.3 Å². The molecule has 1 atom stereocenters. The van der Waals surface area contributed by atoms with Gasteiger partial charge in [0.2, 0.25) is 0 Å². The molecule has 0 saturated carbocycles. The molecule has 0 amide bonds. The number of rotatable bonds is 8. The van der Waals surface area contributed by atoms with Crippen LogP contribution in [0.5, 0.6) is 0 Å². The molecule has 3 rings (SSSR count). The normalized spacial score (nSPS) is 19.3. The van der Waals surface area contributed by atoms with E-state index in [2.05, 4.69) is 46.0 Å². The molecule has 3 heterocycles. The lowest BCUT2D eigenvalue weighted by Gasteiger charge is -2.25. The fraction of sp³-hybridized carbons (Fsp3) is 0.650. The molecule has 0 bridgehead atoms. The van der Waals surface area contributed by atoms with Gasteiger partial charge in [0, 0.05) is 18.0 Å². The number of aliphatic imine (C=N–C) groups is 1. The largest absolute Gasteiger partial charge is 0.377 e. The summed E-state index contributed by atoms with van der Waals surface area (Å²) in [6, 6.07) is 4.81. The molecule has 2 aliphatic heterocycles. The van der Waals surface area contributed by atoms with E-state index in [0.29, 0.717) is 6.04 Å². The zero-order valence-corrected chi connectivity index (χ0v) is 19.4. The van der Waals surface area contributed by atoms with E-state index in [-0.39, 0.29) is 24.0 Å². The predicted molar refractivity (Wildman–Crippen MR) is 125 cm³/mol. The van der Waals surface area contributed by atoms with Crippen molar-refractivity contribution in [3.63, 3.8) is 0 Å². The minimum Gasteiger partial charge on any atom is -0.377 e. The SMILES string of the molecule is CCNC(=NCC(c1cccs1)N1CCCC1)NCCC1=CCOCC1.I. The second kappa shape index (κ2) is 12.7. The molecule has 1 unspecified atom stereocenters. The standard InChI is InChI=1S/C20H32N4OS.HI/c1-2-21-20(22-10-7-17-8-13-25-14-9-17)23-16-18(19-6-5-15-26-19)24-11-3-4-12-24;/h5-6,8,15,18H,2-4,7,9-14,16H2,1H3,(H2,21,22,23);1H. The highest BCUT2D eigenvalue weighted by molar-refractivity contribution is 14.0. The van der Waals surface area contributed by atoms with E-state index < -0.39 is 0 Å². The van der Waals surface area contributed by atoms with E-state index in [0.717, 1.165) is 51.6 Å². The van der Waals surface area contributed by atoms with Crippen molar-refractivity contribution in [2.24, 2.45) is 4.99 Å². The summed E-state index contributed by atoms with van der Waals surface area (Å²) in [7, 11) is 0. The Labute approximate surface area is 184 Å². The average molecular weight is 504 g/mol. The fourth-order valence-corrected chi connectivity index (χ4v) is 4.43. The Morgan fingerprint density at radius 3 is 2.85 bits per heavy atom. The van der Waals surface area contributed by atoms with Crippen LogP contribution in [-0.4, -0.2) is 56.8 Å². The Hall–Kier alpha value is -0.640. The Bertz CT molecular complexity index is 585. The molecule has 0 aromatic carbocycles. The van der Waals surface area contributed by atoms with E-state index in [1.165, 1.54) is 36.4 Å². The minimum absolute atomic E-state index is 0. The highest BCUT2D eigenvalue weighted by Gasteiger charge is 2.24. The van der Waals surface area contributed by atoms with E-state index in [1.54, 1.807) is 0 Å². The van der Waals surface area contributed by atoms with Gasteiger partial charge in [0.25, 0.3) is 0 Å². The maximum absolute atomic E-state index is 5.38. The summed E-state index contributed by atoms with van der Waals surface area (Å²) in [5.41, 5.74) is 1.49. The first-order valence-corrected chi connectivity index (χ1v) is 10.8. The van der Waals surface area contributed by atoms with Crippen LogP contribution < -0.4 is 10.6 Å². The van der Waals surface area contributed by atoms with Gasteiger partial charge >= 0.3 is 0 Å². The highest BCUT2D eigenvalue weighted by Crippen LogP contribution is 2.28. The lowest BCUT2D eigenvalue weighted by Crippen LogP contribution is -2.39. The highest BCUT2D eigenvalue weighted by atomic mass is 127. The number of halogens is 1. The van der Waals surface area contributed by atoms with Gasteiger partial charge in [-0.25, -0.2) is 0 Å². The Balaban J connectivity index is 0.00000261. The van der Waals surface area contributed by atoms with Crippen LogP contribution >= 0.6 is 35.3 Å². The van der Waals surface area contributed by atoms with Gasteiger partial charge in [-0.15, -0.1) is 35.3 Å². The van der Waals surface area contributed by atoms with Gasteiger partial charge in [0.05, 0.1) is 25.8 Å². The molecule has 1 saturated heterocycles. The molecule has 1 aromatic heterocycles. The number of ether oxygens (including phenoxy) is 1. The summed E-state index contributed by atoms with van der Waals surface area (Å²) in [5.74, 6) is 0.931. The van der Waals surface area contributed by atoms with Crippen molar-refractivity contribution in [2.45, 2.75) is 38.6 Å². The molecule has 2 aliphatic rings. The van der Waals surface area contributed by atoms with Crippen molar-refractivity contribution in [2.75, 3.05) is 45.9 Å². The lowest BCUT2D eigenvalue weighted by atomic mass is 10.1. The molecule has 1 aromatic rings. The van der Waals surface area contributed by atoms with Gasteiger partial charge in [0.15, 0.2) is 5.96 Å². The second-order valence-corrected chi connectivity index (χ2v) is 7.84. The van der Waals surface area contributed by atoms with E-state index >= 15 is 0 Å². The van der Waals surface area contributed by atoms with Gasteiger partial charge in [-0.05, 0) is 57.1 Å². The second-order valence-electron chi connectivity index (χ2n) is 6.86. The summed E-state index contributed by atoms with van der Waals surface area (Å²) >= 11 is 1.85. The topological polar surface area (TPSA) is 48.9 Å². The van der Waals surface area contributed by atoms with Crippen LogP contribution in [0.15, 0.2) is 34.2 Å². The smallest absolute Gasteiger partial charge is 0.191 e. The zero-order chi connectivity index (χ0) is 18.0. The van der Waals surface area contributed by atoms with Crippen molar-refractivity contribution in [1.82, 2.24) is 15.5 Å². The Morgan fingerprint density at radius 2 is 2.19 bits per heavy atom. The summed E-state index contributed by atoms with van der Waals surface area (Å²) in [5, 5.41) is 9.07. The summed E-state index contributed by atoms with van der Waals surface area (Å²) < 4.78 is 5.38. The Kier molecular flexibility index (Phi) is 10.7. The molecular formula is C20H33IN4OS. The van der Waals surface area contributed by atoms with Crippen LogP contribution in [-0.2, 0) is 4.74 Å². The number of hydrogen-bond acceptors (Lipinski definition) is 4. The van der Waals surface area contributed by atoms with Crippen LogP contribution in [0.2, 0.25) is 0 Å². The third-order valence-electron chi connectivity index (χ3n) is 5.02. The molecule has 1 fully saturated rings. The van der Waals surface area contributed by atoms with E-state index in [4.69, 9.17) is 9.73 Å². The van der Waals surface area contributed by atoms with Gasteiger partial charge in [-0.3, -0.25) is 9.89 Å². The lowest BCUT2D eigenvalue weighted by molar-refractivity contribution is 0.153. The fourth-order valence-electron chi connectivity index (χ4n) is 3.57. The number of likely N-dealkylation sites (tertiary alicyclic amines) is 1. The predicted octanol–water partition coefficient (Wildman–Crippen LogP) is 3.79. The van der Waals surface area contributed by atoms with Crippen LogP contribution in [0.25, 0.3) is 0 Å². The summed E-state index contributed by atoms with van der Waals surface area (Å²) in [6.07, 6.45) is 6.96. The molecule has 2 N–H and O–H groups in total. The number of thiophene rings is 1. The van der Waals surface area contributed by atoms with Crippen LogP contribution in [0.4, 0.5) is 0 Å². The van der Waals surface area contributed by atoms with Crippen molar-refractivity contribution < 1.29 is 4.74 Å². The first-order valence-electron chi connectivity index (χ1n) is 9.92. The zero-order valence-electron chi connectivity index (χ0n) is 16.3. The summed E-state index contributed by atoms with van der Waals surface area (Å²) in [6.45, 7) is 8.75. The van der Waals surface area contributed by atoms with Gasteiger partial charge in [-0.1, -0.05) is 17.7 Å². The van der Waals surface area contributed by atoms with Crippen molar-refractivity contribution in [1.29, 1.82) is 0 Å². The average Bonchev–Trinajstić information content (AvgIpc) is 3.37. The molecule has 0 radical (unpaired) electrons. The van der Waals surface area contributed by atoms with E-state index in [1.807, 2.05) is 11.3 Å². The van der Waals surface area contributed by atoms with Gasteiger partial charge in [-0.2, -0.15) is 0 Å². The number of guanidine groups is 1. The number of nitrogens with zero attached hydrogens (tertiary/aromatic N) is 2. The molecule has 5 nitrogen and oxygen atoms in total. The third-order valence-corrected chi connectivity index (χ3v) is 5.99. The van der Waals surface area contributed by atoms with Crippen LogP contribution in [0.1, 0.15) is 43.5 Å². The van der Waals surface area contributed by atoms with Crippen LogP contribution in [0.3, 0.4) is 0 Å². The maximum Gasteiger partial charge on any atom is 0.191 e. The third kappa shape index (κ3) is 7.36. The maximum atomic E-state index is 5.38. The number of hydrogen-bond donors (Lipinski definition) is 2. The van der Waals surface area contributed by atoms with E-state index in [9.17, 15) is 0 Å². The van der Waals surface area contributed by atoms with Crippen molar-refractivity contribution in [3.8, 4) is 0 Å². The molecule has 7 heteroatoms.